The lowest BCUT2D eigenvalue weighted by Gasteiger charge is -2.38. The third kappa shape index (κ3) is 23.0. The van der Waals surface area contributed by atoms with E-state index in [4.69, 9.17) is 23.7 Å². The van der Waals surface area contributed by atoms with Gasteiger partial charge in [-0.15, -0.1) is 0 Å². The maximum atomic E-state index is 15.5. The predicted octanol–water partition coefficient (Wildman–Crippen LogP) is 1.22. The number of fused-ring (bicyclic) bond motifs is 2. The molecule has 0 atom stereocenters. The molecule has 0 saturated heterocycles. The van der Waals surface area contributed by atoms with Crippen LogP contribution in [0, 0.1) is 5.41 Å². The summed E-state index contributed by atoms with van der Waals surface area (Å²) in [6, 6.07) is 11.3. The SMILES string of the molecule is CN1CCc2c(cccc2OCCCNC(=O)C(CNC(=O)CNC(=O)OC(C)(C)C)(CNC(=O)CNC(=O)OC(C)(C)C)CNC(=O)C(CN2C(=O)c3ccccc3C2=O)(NC(=O)CNC(=O)OC(C)(C)C)NC(=O)CNC(=O)OC(C)(C)C)C1. The van der Waals surface area contributed by atoms with Crippen LogP contribution < -0.4 is 57.9 Å². The molecule has 0 aliphatic carbocycles. The van der Waals surface area contributed by atoms with Crippen LogP contribution in [0.2, 0.25) is 0 Å². The molecule has 474 valence electrons. The van der Waals surface area contributed by atoms with Crippen molar-refractivity contribution in [3.63, 3.8) is 0 Å². The van der Waals surface area contributed by atoms with E-state index in [0.29, 0.717) is 10.6 Å². The van der Waals surface area contributed by atoms with Crippen molar-refractivity contribution >= 4 is 71.6 Å². The van der Waals surface area contributed by atoms with Crippen LogP contribution in [0.4, 0.5) is 19.2 Å². The van der Waals surface area contributed by atoms with E-state index in [1.807, 2.05) is 25.2 Å². The fraction of sp³-hybridized carbons (Fsp3) is 0.579. The Bertz CT molecular complexity index is 2720. The third-order valence-electron chi connectivity index (χ3n) is 12.1. The van der Waals surface area contributed by atoms with E-state index >= 15 is 9.59 Å². The van der Waals surface area contributed by atoms with Crippen molar-refractivity contribution in [2.75, 3.05) is 79.1 Å². The number of ether oxygens (including phenoxy) is 5. The molecule has 2 aliphatic heterocycles. The summed E-state index contributed by atoms with van der Waals surface area (Å²) in [5.41, 5.74) is -7.30. The van der Waals surface area contributed by atoms with Crippen LogP contribution in [0.5, 0.6) is 5.75 Å². The van der Waals surface area contributed by atoms with Crippen LogP contribution >= 0.6 is 0 Å². The topological polar surface area (TPSA) is 378 Å². The second kappa shape index (κ2) is 29.9. The van der Waals surface area contributed by atoms with Crippen molar-refractivity contribution in [2.24, 2.45) is 5.41 Å². The van der Waals surface area contributed by atoms with Crippen LogP contribution in [0.25, 0.3) is 0 Å². The Labute approximate surface area is 499 Å². The van der Waals surface area contributed by atoms with Crippen molar-refractivity contribution < 1.29 is 81.2 Å². The molecular formula is C57H84N12O17. The monoisotopic (exact) mass is 1210 g/mol. The van der Waals surface area contributed by atoms with Gasteiger partial charge < -0.3 is 81.8 Å². The molecule has 0 radical (unpaired) electrons. The van der Waals surface area contributed by atoms with Crippen LogP contribution in [-0.2, 0) is 60.7 Å². The number of amides is 12. The highest BCUT2D eigenvalue weighted by Gasteiger charge is 2.50. The lowest BCUT2D eigenvalue weighted by molar-refractivity contribution is -0.140. The standard InChI is InChI=1S/C57H84N12O17/c1-52(2,3)83-48(78)59-26-40(70)63-31-56(32-64-41(71)27-60-49(79)84-53(4,5)6,46(76)58-23-17-25-82-39-21-16-18-35-30-68(13)24-22-36(35)39)33-65-47(77)57(66-42(72)28-61-50(80)85-54(7,8)9,67-43(73)29-62-51(81)86-55(10,11)12)34-69-44(74)37-19-14-15-20-38(37)45(69)75/h14-16,18-21H,17,22-34H2,1-13H3,(H,58,76)(H,59,78)(H,60,79)(H,61,80)(H,62,81)(H,63,70)(H,64,71)(H,65,77)(H,66,72)(H,67,73). The summed E-state index contributed by atoms with van der Waals surface area (Å²) in [7, 11) is 2.01. The predicted molar refractivity (Wildman–Crippen MR) is 309 cm³/mol. The fourth-order valence-corrected chi connectivity index (χ4v) is 8.33. The number of carbonyl (C=O) groups excluding carboxylic acids is 12. The Morgan fingerprint density at radius 1 is 0.500 bits per heavy atom. The molecule has 0 spiro atoms. The van der Waals surface area contributed by atoms with Crippen LogP contribution in [0.3, 0.4) is 0 Å². The molecule has 0 fully saturated rings. The average molecular weight is 1210 g/mol. The Morgan fingerprint density at radius 2 is 0.919 bits per heavy atom. The Kier molecular flexibility index (Phi) is 24.2. The van der Waals surface area contributed by atoms with Crippen molar-refractivity contribution in [3.05, 3.63) is 64.7 Å². The van der Waals surface area contributed by atoms with E-state index in [2.05, 4.69) is 58.1 Å². The molecule has 2 aromatic carbocycles. The number of nitrogens with zero attached hydrogens (tertiary/aromatic N) is 2. The van der Waals surface area contributed by atoms with E-state index in [9.17, 15) is 47.9 Å². The number of nitrogens with one attached hydrogen (secondary N) is 10. The van der Waals surface area contributed by atoms with Gasteiger partial charge in [-0.05, 0) is 132 Å². The van der Waals surface area contributed by atoms with E-state index in [-0.39, 0.29) is 30.7 Å². The van der Waals surface area contributed by atoms with E-state index < -0.39 is 157 Å². The molecule has 0 unspecified atom stereocenters. The molecular weight excluding hydrogens is 1120 g/mol. The molecule has 4 rings (SSSR count). The average Bonchev–Trinajstić information content (AvgIpc) is 1.69. The number of imide groups is 1. The summed E-state index contributed by atoms with van der Waals surface area (Å²) < 4.78 is 27.2. The quantitative estimate of drug-likeness (QED) is 0.0289. The number of rotatable bonds is 25. The zero-order chi connectivity index (χ0) is 64.4. The molecule has 12 amide bonds. The van der Waals surface area contributed by atoms with Crippen LogP contribution in [-0.4, -0.2) is 189 Å². The molecule has 86 heavy (non-hydrogen) atoms. The summed E-state index contributed by atoms with van der Waals surface area (Å²) in [4.78, 5) is 168. The van der Waals surface area contributed by atoms with Gasteiger partial charge in [-0.3, -0.25) is 43.3 Å². The highest BCUT2D eigenvalue weighted by atomic mass is 16.6. The van der Waals surface area contributed by atoms with Gasteiger partial charge in [0.05, 0.1) is 37.4 Å². The molecule has 10 N–H and O–H groups in total. The van der Waals surface area contributed by atoms with E-state index in [0.717, 1.165) is 30.6 Å². The van der Waals surface area contributed by atoms with Crippen LogP contribution in [0.15, 0.2) is 42.5 Å². The zero-order valence-electron chi connectivity index (χ0n) is 51.3. The van der Waals surface area contributed by atoms with E-state index in [1.165, 1.54) is 24.3 Å². The lowest BCUT2D eigenvalue weighted by atomic mass is 9.85. The van der Waals surface area contributed by atoms with Gasteiger partial charge in [-0.1, -0.05) is 24.3 Å². The maximum Gasteiger partial charge on any atom is 0.408 e. The smallest absolute Gasteiger partial charge is 0.408 e. The van der Waals surface area contributed by atoms with Gasteiger partial charge in [0.1, 0.15) is 46.7 Å². The minimum atomic E-state index is -2.99. The summed E-state index contributed by atoms with van der Waals surface area (Å²) in [5.74, 6) is -7.96. The summed E-state index contributed by atoms with van der Waals surface area (Å²) in [6.45, 7) is 13.4. The number of benzene rings is 2. The lowest BCUT2D eigenvalue weighted by Crippen LogP contribution is -2.75. The van der Waals surface area contributed by atoms with Crippen LogP contribution in [0.1, 0.15) is 121 Å². The molecule has 0 bridgehead atoms. The first kappa shape index (κ1) is 69.7. The highest BCUT2D eigenvalue weighted by Crippen LogP contribution is 2.28. The number of carbonyl (C=O) groups is 12. The highest BCUT2D eigenvalue weighted by molar-refractivity contribution is 6.21. The van der Waals surface area contributed by atoms with Gasteiger partial charge >= 0.3 is 24.4 Å². The Balaban J connectivity index is 1.82. The molecule has 29 heteroatoms. The Hall–Kier alpha value is -8.76. The van der Waals surface area contributed by atoms with E-state index in [1.54, 1.807) is 83.1 Å². The number of likely N-dealkylation sites (N-methyl/N-ethyl adjacent to an activating group) is 1. The Morgan fingerprint density at radius 3 is 1.35 bits per heavy atom. The van der Waals surface area contributed by atoms with Gasteiger partial charge in [0.25, 0.3) is 17.7 Å². The molecule has 0 saturated carbocycles. The normalized spacial score (nSPS) is 13.5. The largest absolute Gasteiger partial charge is 0.493 e. The first-order valence-electron chi connectivity index (χ1n) is 27.9. The fourth-order valence-electron chi connectivity index (χ4n) is 8.33. The van der Waals surface area contributed by atoms with Gasteiger partial charge in [0.15, 0.2) is 0 Å². The molecule has 2 aliphatic rings. The maximum absolute atomic E-state index is 15.5. The number of alkyl carbamates (subject to hydrolysis) is 4. The summed E-state index contributed by atoms with van der Waals surface area (Å²) >= 11 is 0. The van der Waals surface area contributed by atoms with Gasteiger partial charge in [0.2, 0.25) is 35.2 Å². The molecule has 2 heterocycles. The number of hydrogen-bond acceptors (Lipinski definition) is 18. The second-order valence-corrected chi connectivity index (χ2v) is 24.5. The molecule has 0 aromatic heterocycles. The van der Waals surface area contributed by atoms with Crippen molar-refractivity contribution in [3.8, 4) is 5.75 Å². The van der Waals surface area contributed by atoms with Crippen molar-refractivity contribution in [1.29, 1.82) is 0 Å². The summed E-state index contributed by atoms with van der Waals surface area (Å²) in [5, 5.41) is 24.1. The van der Waals surface area contributed by atoms with Gasteiger partial charge in [-0.25, -0.2) is 19.2 Å². The third-order valence-corrected chi connectivity index (χ3v) is 12.1. The van der Waals surface area contributed by atoms with Gasteiger partial charge in [0, 0.05) is 39.3 Å². The van der Waals surface area contributed by atoms with Crippen molar-refractivity contribution in [1.82, 2.24) is 63.0 Å². The second-order valence-electron chi connectivity index (χ2n) is 24.5. The first-order valence-corrected chi connectivity index (χ1v) is 27.9. The van der Waals surface area contributed by atoms with Crippen molar-refractivity contribution in [2.45, 2.75) is 131 Å². The minimum Gasteiger partial charge on any atom is -0.493 e. The first-order chi connectivity index (χ1) is 39.9. The molecule has 29 nitrogen and oxygen atoms in total. The van der Waals surface area contributed by atoms with Gasteiger partial charge in [-0.2, -0.15) is 0 Å². The molecule has 2 aromatic rings. The minimum absolute atomic E-state index is 0.0990. The summed E-state index contributed by atoms with van der Waals surface area (Å²) in [6.07, 6.45) is -3.19. The number of hydrogen-bond donors (Lipinski definition) is 10. The zero-order valence-corrected chi connectivity index (χ0v) is 51.3.